The van der Waals surface area contributed by atoms with Gasteiger partial charge in [-0.1, -0.05) is 29.0 Å². The van der Waals surface area contributed by atoms with E-state index in [-0.39, 0.29) is 5.91 Å². The minimum Gasteiger partial charge on any atom is -0.379 e. The Kier molecular flexibility index (Phi) is 6.45. The summed E-state index contributed by atoms with van der Waals surface area (Å²) in [5, 5.41) is 1.36. The molecule has 0 radical (unpaired) electrons. The van der Waals surface area contributed by atoms with Crippen LogP contribution in [0, 0.1) is 6.92 Å². The van der Waals surface area contributed by atoms with Crippen molar-refractivity contribution in [3.8, 4) is 0 Å². The zero-order valence-electron chi connectivity index (χ0n) is 16.4. The van der Waals surface area contributed by atoms with Crippen molar-refractivity contribution in [3.05, 3.63) is 58.6 Å². The third-order valence-electron chi connectivity index (χ3n) is 5.06. The van der Waals surface area contributed by atoms with Crippen molar-refractivity contribution in [2.75, 3.05) is 44.3 Å². The number of carbonyl (C=O) groups is 1. The number of ether oxygens (including phenoxy) is 1. The first-order valence-electron chi connectivity index (χ1n) is 9.85. The SMILES string of the molecule is Cc1ccc2nc(N(CCCN3CCOCC3)C(=O)c3ccc(Cl)cc3)sc2c1. The van der Waals surface area contributed by atoms with Crippen LogP contribution in [0.25, 0.3) is 10.2 Å². The molecule has 7 heteroatoms. The number of anilines is 1. The van der Waals surface area contributed by atoms with Crippen molar-refractivity contribution in [3.63, 3.8) is 0 Å². The second-order valence-corrected chi connectivity index (χ2v) is 8.68. The molecule has 1 saturated heterocycles. The number of fused-ring (bicyclic) bond motifs is 1. The van der Waals surface area contributed by atoms with Gasteiger partial charge < -0.3 is 4.74 Å². The van der Waals surface area contributed by atoms with E-state index in [9.17, 15) is 4.79 Å². The summed E-state index contributed by atoms with van der Waals surface area (Å²) in [6, 6.07) is 13.2. The first-order chi connectivity index (χ1) is 14.1. The van der Waals surface area contributed by atoms with Crippen LogP contribution in [0.3, 0.4) is 0 Å². The summed E-state index contributed by atoms with van der Waals surface area (Å²) >= 11 is 7.57. The van der Waals surface area contributed by atoms with Gasteiger partial charge in [-0.15, -0.1) is 0 Å². The number of aromatic nitrogens is 1. The smallest absolute Gasteiger partial charge is 0.260 e. The molecule has 29 heavy (non-hydrogen) atoms. The molecule has 0 saturated carbocycles. The lowest BCUT2D eigenvalue weighted by molar-refractivity contribution is 0.0376. The van der Waals surface area contributed by atoms with E-state index in [0.717, 1.165) is 54.6 Å². The van der Waals surface area contributed by atoms with Crippen LogP contribution in [-0.4, -0.2) is 55.2 Å². The highest BCUT2D eigenvalue weighted by atomic mass is 35.5. The van der Waals surface area contributed by atoms with Gasteiger partial charge in [-0.2, -0.15) is 0 Å². The summed E-state index contributed by atoms with van der Waals surface area (Å²) in [5.74, 6) is -0.0422. The van der Waals surface area contributed by atoms with Gasteiger partial charge in [0.25, 0.3) is 5.91 Å². The molecule has 3 aromatic rings. The number of benzene rings is 2. The van der Waals surface area contributed by atoms with Crippen LogP contribution < -0.4 is 4.90 Å². The number of morpholine rings is 1. The van der Waals surface area contributed by atoms with Crippen molar-refractivity contribution in [2.24, 2.45) is 0 Å². The van der Waals surface area contributed by atoms with Gasteiger partial charge in [0.15, 0.2) is 5.13 Å². The van der Waals surface area contributed by atoms with Gasteiger partial charge in [-0.3, -0.25) is 14.6 Å². The number of amides is 1. The number of hydrogen-bond acceptors (Lipinski definition) is 5. The highest BCUT2D eigenvalue weighted by Gasteiger charge is 2.22. The maximum atomic E-state index is 13.3. The zero-order chi connectivity index (χ0) is 20.2. The number of nitrogens with zero attached hydrogens (tertiary/aromatic N) is 3. The fourth-order valence-electron chi connectivity index (χ4n) is 3.44. The number of rotatable bonds is 6. The van der Waals surface area contributed by atoms with Crippen LogP contribution >= 0.6 is 22.9 Å². The van der Waals surface area contributed by atoms with Crippen molar-refractivity contribution in [1.82, 2.24) is 9.88 Å². The lowest BCUT2D eigenvalue weighted by atomic mass is 10.2. The van der Waals surface area contributed by atoms with Gasteiger partial charge in [-0.05, 0) is 55.3 Å². The van der Waals surface area contributed by atoms with Crippen LogP contribution in [0.15, 0.2) is 42.5 Å². The number of thiazole rings is 1. The quantitative estimate of drug-likeness (QED) is 0.573. The third-order valence-corrected chi connectivity index (χ3v) is 6.35. The molecule has 0 spiro atoms. The Morgan fingerprint density at radius 1 is 1.21 bits per heavy atom. The molecule has 0 N–H and O–H groups in total. The monoisotopic (exact) mass is 429 g/mol. The molecular weight excluding hydrogens is 406 g/mol. The highest BCUT2D eigenvalue weighted by molar-refractivity contribution is 7.22. The van der Waals surface area contributed by atoms with Crippen LogP contribution in [0.4, 0.5) is 5.13 Å². The summed E-state index contributed by atoms with van der Waals surface area (Å²) in [7, 11) is 0. The molecule has 2 heterocycles. The Morgan fingerprint density at radius 3 is 2.72 bits per heavy atom. The molecular formula is C22H24ClN3O2S. The molecule has 5 nitrogen and oxygen atoms in total. The van der Waals surface area contributed by atoms with Gasteiger partial charge in [0.2, 0.25) is 0 Å². The lowest BCUT2D eigenvalue weighted by Crippen LogP contribution is -2.39. The first-order valence-corrected chi connectivity index (χ1v) is 11.0. The summed E-state index contributed by atoms with van der Waals surface area (Å²) in [4.78, 5) is 22.2. The molecule has 1 aliphatic heterocycles. The Morgan fingerprint density at radius 2 is 1.97 bits per heavy atom. The minimum absolute atomic E-state index is 0.0422. The fraction of sp³-hybridized carbons (Fsp3) is 0.364. The van der Waals surface area contributed by atoms with E-state index < -0.39 is 0 Å². The molecule has 0 aliphatic carbocycles. The highest BCUT2D eigenvalue weighted by Crippen LogP contribution is 2.30. The molecule has 152 valence electrons. The predicted octanol–water partition coefficient (Wildman–Crippen LogP) is 4.63. The maximum absolute atomic E-state index is 13.3. The van der Waals surface area contributed by atoms with E-state index in [1.807, 2.05) is 11.0 Å². The average Bonchev–Trinajstić information content (AvgIpc) is 3.15. The Hall–Kier alpha value is -1.99. The van der Waals surface area contributed by atoms with Gasteiger partial charge in [-0.25, -0.2) is 4.98 Å². The van der Waals surface area contributed by atoms with Crippen molar-refractivity contribution in [2.45, 2.75) is 13.3 Å². The number of carbonyl (C=O) groups excluding carboxylic acids is 1. The summed E-state index contributed by atoms with van der Waals surface area (Å²) in [6.07, 6.45) is 0.883. The van der Waals surface area contributed by atoms with Crippen LogP contribution in [0.2, 0.25) is 5.02 Å². The molecule has 1 amide bonds. The van der Waals surface area contributed by atoms with E-state index in [2.05, 4.69) is 24.0 Å². The summed E-state index contributed by atoms with van der Waals surface area (Å²) in [5.41, 5.74) is 2.74. The number of hydrogen-bond donors (Lipinski definition) is 0. The molecule has 1 fully saturated rings. The first kappa shape index (κ1) is 20.3. The van der Waals surface area contributed by atoms with E-state index in [1.165, 1.54) is 5.56 Å². The second-order valence-electron chi connectivity index (χ2n) is 7.24. The standard InChI is InChI=1S/C22H24ClN3O2S/c1-16-3-8-19-20(15-16)29-22(24-19)26(10-2-9-25-11-13-28-14-12-25)21(27)17-4-6-18(23)7-5-17/h3-8,15H,2,9-14H2,1H3. The predicted molar refractivity (Wildman–Crippen MR) is 119 cm³/mol. The van der Waals surface area contributed by atoms with Crippen molar-refractivity contribution in [1.29, 1.82) is 0 Å². The van der Waals surface area contributed by atoms with E-state index in [4.69, 9.17) is 21.3 Å². The Balaban J connectivity index is 1.56. The van der Waals surface area contributed by atoms with E-state index in [1.54, 1.807) is 35.6 Å². The minimum atomic E-state index is -0.0422. The van der Waals surface area contributed by atoms with Crippen LogP contribution in [0.1, 0.15) is 22.3 Å². The Bertz CT molecular complexity index is 983. The van der Waals surface area contributed by atoms with Gasteiger partial charge >= 0.3 is 0 Å². The van der Waals surface area contributed by atoms with Crippen LogP contribution in [0.5, 0.6) is 0 Å². The topological polar surface area (TPSA) is 45.7 Å². The molecule has 1 aromatic heterocycles. The Labute approximate surface area is 179 Å². The van der Waals surface area contributed by atoms with E-state index in [0.29, 0.717) is 17.1 Å². The second kappa shape index (κ2) is 9.22. The van der Waals surface area contributed by atoms with Crippen molar-refractivity contribution < 1.29 is 9.53 Å². The molecule has 4 rings (SSSR count). The molecule has 2 aromatic carbocycles. The third kappa shape index (κ3) is 4.95. The van der Waals surface area contributed by atoms with E-state index >= 15 is 0 Å². The maximum Gasteiger partial charge on any atom is 0.260 e. The van der Waals surface area contributed by atoms with Crippen LogP contribution in [-0.2, 0) is 4.74 Å². The molecule has 0 atom stereocenters. The number of aryl methyl sites for hydroxylation is 1. The lowest BCUT2D eigenvalue weighted by Gasteiger charge is -2.27. The zero-order valence-corrected chi connectivity index (χ0v) is 18.0. The number of halogens is 1. The molecule has 1 aliphatic rings. The average molecular weight is 430 g/mol. The molecule has 0 unspecified atom stereocenters. The fourth-order valence-corrected chi connectivity index (χ4v) is 4.66. The largest absolute Gasteiger partial charge is 0.379 e. The van der Waals surface area contributed by atoms with Crippen molar-refractivity contribution >= 4 is 44.2 Å². The van der Waals surface area contributed by atoms with Gasteiger partial charge in [0.05, 0.1) is 23.4 Å². The van der Waals surface area contributed by atoms with Gasteiger partial charge in [0.1, 0.15) is 0 Å². The molecule has 0 bridgehead atoms. The normalized spacial score (nSPS) is 15.0. The van der Waals surface area contributed by atoms with Gasteiger partial charge in [0, 0.05) is 36.8 Å². The summed E-state index contributed by atoms with van der Waals surface area (Å²) in [6.45, 7) is 7.10. The summed E-state index contributed by atoms with van der Waals surface area (Å²) < 4.78 is 6.52.